The summed E-state index contributed by atoms with van der Waals surface area (Å²) in [5, 5.41) is 8.48. The molecule has 118 valence electrons. The van der Waals surface area contributed by atoms with Gasteiger partial charge >= 0.3 is 0 Å². The van der Waals surface area contributed by atoms with Crippen LogP contribution in [-0.2, 0) is 14.4 Å². The first-order chi connectivity index (χ1) is 9.78. The Bertz CT molecular complexity index is 477. The highest BCUT2D eigenvalue weighted by atomic mass is 16.2. The number of carbonyl (C=O) groups is 3. The number of amides is 3. The van der Waals surface area contributed by atoms with Gasteiger partial charge in [0.2, 0.25) is 17.7 Å². The van der Waals surface area contributed by atoms with Crippen LogP contribution in [-0.4, -0.2) is 35.8 Å². The maximum Gasteiger partial charge on any atom is 0.246 e. The first-order valence-corrected chi connectivity index (χ1v) is 7.62. The first-order valence-electron chi connectivity index (χ1n) is 7.62. The second-order valence-electron chi connectivity index (χ2n) is 6.61. The Balaban J connectivity index is 2.38. The van der Waals surface area contributed by atoms with Crippen LogP contribution in [0.4, 0.5) is 0 Å². The normalized spacial score (nSPS) is 35.1. The maximum absolute atomic E-state index is 12.8. The van der Waals surface area contributed by atoms with Crippen LogP contribution in [0.3, 0.4) is 0 Å². The minimum atomic E-state index is -0.918. The van der Waals surface area contributed by atoms with E-state index in [2.05, 4.69) is 16.0 Å². The van der Waals surface area contributed by atoms with Gasteiger partial charge in [0.15, 0.2) is 0 Å². The highest BCUT2D eigenvalue weighted by Gasteiger charge is 2.60. The summed E-state index contributed by atoms with van der Waals surface area (Å²) < 4.78 is 0. The molecule has 6 heteroatoms. The molecule has 21 heavy (non-hydrogen) atoms. The third-order valence-electron chi connectivity index (χ3n) is 5.15. The summed E-state index contributed by atoms with van der Waals surface area (Å²) >= 11 is 0. The van der Waals surface area contributed by atoms with Crippen molar-refractivity contribution in [1.82, 2.24) is 16.0 Å². The van der Waals surface area contributed by atoms with E-state index in [4.69, 9.17) is 0 Å². The van der Waals surface area contributed by atoms with Crippen LogP contribution in [0.1, 0.15) is 46.5 Å². The number of fused-ring (bicyclic) bond motifs is 1. The van der Waals surface area contributed by atoms with E-state index in [1.807, 2.05) is 13.8 Å². The van der Waals surface area contributed by atoms with Gasteiger partial charge in [0.05, 0.1) is 0 Å². The average Bonchev–Trinajstić information content (AvgIpc) is 2.80. The number of nitrogens with one attached hydrogen (secondary N) is 3. The van der Waals surface area contributed by atoms with Crippen molar-refractivity contribution in [3.8, 4) is 0 Å². The minimum Gasteiger partial charge on any atom is -0.357 e. The molecule has 2 fully saturated rings. The molecule has 3 atom stereocenters. The summed E-state index contributed by atoms with van der Waals surface area (Å²) in [6, 6.07) is 0. The molecule has 6 nitrogen and oxygen atoms in total. The molecule has 0 aromatic carbocycles. The van der Waals surface area contributed by atoms with E-state index in [0.29, 0.717) is 12.8 Å². The van der Waals surface area contributed by atoms with Crippen LogP contribution >= 0.6 is 0 Å². The third kappa shape index (κ3) is 2.30. The van der Waals surface area contributed by atoms with Crippen molar-refractivity contribution in [2.45, 2.75) is 57.5 Å². The van der Waals surface area contributed by atoms with Gasteiger partial charge in [-0.3, -0.25) is 14.4 Å². The van der Waals surface area contributed by atoms with Crippen molar-refractivity contribution in [3.63, 3.8) is 0 Å². The van der Waals surface area contributed by atoms with Crippen molar-refractivity contribution in [2.24, 2.45) is 11.8 Å². The van der Waals surface area contributed by atoms with Gasteiger partial charge in [0.1, 0.15) is 11.1 Å². The number of likely N-dealkylation sites (N-methyl/N-ethyl adjacent to an activating group) is 1. The van der Waals surface area contributed by atoms with Crippen molar-refractivity contribution >= 4 is 17.7 Å². The summed E-state index contributed by atoms with van der Waals surface area (Å²) in [4.78, 5) is 36.6. The topological polar surface area (TPSA) is 87.3 Å². The van der Waals surface area contributed by atoms with E-state index in [0.717, 1.165) is 12.8 Å². The Hall–Kier alpha value is -1.59. The van der Waals surface area contributed by atoms with Gasteiger partial charge in [0.25, 0.3) is 0 Å². The lowest BCUT2D eigenvalue weighted by Crippen LogP contribution is -2.74. The van der Waals surface area contributed by atoms with Gasteiger partial charge in [-0.15, -0.1) is 0 Å². The standard InChI is InChI=1S/C15H25N3O3/c1-9(2)15(17-10(3)19)8-11-6-5-7-14(11,12(20)16-4)18-13(15)21/h9,11H,5-8H2,1-4H3,(H,16,20)(H,17,19)(H,18,21)/t11-,14-,15+/m1/s1. The predicted molar refractivity (Wildman–Crippen MR) is 78.3 cm³/mol. The second kappa shape index (κ2) is 5.31. The molecule has 0 radical (unpaired) electrons. The molecule has 0 aromatic rings. The molecule has 3 N–H and O–H groups in total. The quantitative estimate of drug-likeness (QED) is 0.701. The molecule has 0 unspecified atom stereocenters. The summed E-state index contributed by atoms with van der Waals surface area (Å²) in [7, 11) is 1.59. The van der Waals surface area contributed by atoms with Crippen molar-refractivity contribution in [1.29, 1.82) is 0 Å². The average molecular weight is 295 g/mol. The van der Waals surface area contributed by atoms with Gasteiger partial charge < -0.3 is 16.0 Å². The number of hydrogen-bond acceptors (Lipinski definition) is 3. The lowest BCUT2D eigenvalue weighted by Gasteiger charge is -2.49. The van der Waals surface area contributed by atoms with E-state index < -0.39 is 11.1 Å². The molecule has 1 aliphatic heterocycles. The molecule has 3 amide bonds. The van der Waals surface area contributed by atoms with Gasteiger partial charge in [-0.05, 0) is 31.1 Å². The van der Waals surface area contributed by atoms with Crippen LogP contribution in [0, 0.1) is 11.8 Å². The molecule has 2 rings (SSSR count). The molecule has 1 saturated carbocycles. The SMILES string of the molecule is CNC(=O)[C@@]12CCC[C@@H]1C[C@](NC(C)=O)(C(C)C)C(=O)N2. The smallest absolute Gasteiger partial charge is 0.246 e. The van der Waals surface area contributed by atoms with E-state index >= 15 is 0 Å². The second-order valence-corrected chi connectivity index (χ2v) is 6.61. The van der Waals surface area contributed by atoms with Gasteiger partial charge in [-0.2, -0.15) is 0 Å². The van der Waals surface area contributed by atoms with E-state index in [-0.39, 0.29) is 29.6 Å². The molecular weight excluding hydrogens is 270 g/mol. The lowest BCUT2D eigenvalue weighted by molar-refractivity contribution is -0.147. The Morgan fingerprint density at radius 2 is 2.05 bits per heavy atom. The molecule has 1 aliphatic carbocycles. The summed E-state index contributed by atoms with van der Waals surface area (Å²) in [6.45, 7) is 5.28. The highest BCUT2D eigenvalue weighted by Crippen LogP contribution is 2.46. The first kappa shape index (κ1) is 15.8. The van der Waals surface area contributed by atoms with Crippen molar-refractivity contribution in [2.75, 3.05) is 7.05 Å². The van der Waals surface area contributed by atoms with E-state index in [1.54, 1.807) is 7.05 Å². The monoisotopic (exact) mass is 295 g/mol. The third-order valence-corrected chi connectivity index (χ3v) is 5.15. The van der Waals surface area contributed by atoms with Crippen LogP contribution < -0.4 is 16.0 Å². The van der Waals surface area contributed by atoms with Gasteiger partial charge in [-0.25, -0.2) is 0 Å². The number of piperidine rings is 1. The fraction of sp³-hybridized carbons (Fsp3) is 0.800. The zero-order chi connectivity index (χ0) is 15.8. The van der Waals surface area contributed by atoms with Crippen LogP contribution in [0.25, 0.3) is 0 Å². The van der Waals surface area contributed by atoms with Crippen LogP contribution in [0.5, 0.6) is 0 Å². The number of carbonyl (C=O) groups excluding carboxylic acids is 3. The maximum atomic E-state index is 12.8. The number of rotatable bonds is 3. The Kier molecular flexibility index (Phi) is 4.00. The Morgan fingerprint density at radius 3 is 2.57 bits per heavy atom. The van der Waals surface area contributed by atoms with E-state index in [1.165, 1.54) is 6.92 Å². The summed E-state index contributed by atoms with van der Waals surface area (Å²) in [5.41, 5.74) is -1.72. The molecule has 1 saturated heterocycles. The number of hydrogen-bond donors (Lipinski definition) is 3. The zero-order valence-corrected chi connectivity index (χ0v) is 13.2. The van der Waals surface area contributed by atoms with Crippen molar-refractivity contribution < 1.29 is 14.4 Å². The molecular formula is C15H25N3O3. The molecule has 0 aromatic heterocycles. The Labute approximate surface area is 125 Å². The summed E-state index contributed by atoms with van der Waals surface area (Å²) in [6.07, 6.45) is 2.98. The fourth-order valence-corrected chi connectivity index (χ4v) is 3.96. The summed E-state index contributed by atoms with van der Waals surface area (Å²) in [5.74, 6) is -0.564. The fourth-order valence-electron chi connectivity index (χ4n) is 3.96. The molecule has 0 spiro atoms. The zero-order valence-electron chi connectivity index (χ0n) is 13.2. The van der Waals surface area contributed by atoms with E-state index in [9.17, 15) is 14.4 Å². The minimum absolute atomic E-state index is 0.0373. The largest absolute Gasteiger partial charge is 0.357 e. The van der Waals surface area contributed by atoms with Crippen LogP contribution in [0.15, 0.2) is 0 Å². The molecule has 0 bridgehead atoms. The van der Waals surface area contributed by atoms with Gasteiger partial charge in [0, 0.05) is 14.0 Å². The predicted octanol–water partition coefficient (Wildman–Crippen LogP) is 0.322. The highest BCUT2D eigenvalue weighted by molar-refractivity contribution is 5.98. The molecule has 1 heterocycles. The van der Waals surface area contributed by atoms with Crippen LogP contribution in [0.2, 0.25) is 0 Å². The molecule has 2 aliphatic rings. The lowest BCUT2D eigenvalue weighted by atomic mass is 9.68. The van der Waals surface area contributed by atoms with Gasteiger partial charge in [-0.1, -0.05) is 20.3 Å². The van der Waals surface area contributed by atoms with Crippen molar-refractivity contribution in [3.05, 3.63) is 0 Å². The Morgan fingerprint density at radius 1 is 1.38 bits per heavy atom.